The molecule has 1 heterocycles. The monoisotopic (exact) mass is 221 g/mol. The van der Waals surface area contributed by atoms with Crippen LogP contribution in [0, 0.1) is 0 Å². The van der Waals surface area contributed by atoms with Gasteiger partial charge in [0.2, 0.25) is 16.5 Å². The number of hydrogen-bond donors (Lipinski definition) is 2. The van der Waals surface area contributed by atoms with Crippen molar-refractivity contribution in [3.05, 3.63) is 10.6 Å². The van der Waals surface area contributed by atoms with Crippen molar-refractivity contribution in [1.29, 1.82) is 0 Å². The van der Waals surface area contributed by atoms with Gasteiger partial charge in [-0.25, -0.2) is 4.79 Å². The molecule has 1 rings (SSSR count). The van der Waals surface area contributed by atoms with Crippen LogP contribution in [0.1, 0.15) is 0 Å². The third-order valence-electron chi connectivity index (χ3n) is 1.03. The second-order valence-corrected chi connectivity index (χ2v) is 2.58. The average Bonchev–Trinajstić information content (AvgIpc) is 2.02. The van der Waals surface area contributed by atoms with E-state index in [0.717, 1.165) is 0 Å². The van der Waals surface area contributed by atoms with Crippen LogP contribution in [0.2, 0.25) is 10.6 Å². The summed E-state index contributed by atoms with van der Waals surface area (Å²) in [4.78, 5) is 21.5. The molecule has 0 saturated heterocycles. The van der Waals surface area contributed by atoms with E-state index < -0.39 is 6.03 Å². The fourth-order valence-corrected chi connectivity index (χ4v) is 0.909. The SMILES string of the molecule is CNC(=O)Nc1nc(Cl)nc(Cl)n1. The minimum atomic E-state index is -0.460. The molecule has 0 atom stereocenters. The van der Waals surface area contributed by atoms with Gasteiger partial charge in [0, 0.05) is 7.05 Å². The number of carbonyl (C=O) groups is 1. The molecule has 0 aliphatic rings. The van der Waals surface area contributed by atoms with Crippen molar-refractivity contribution in [2.75, 3.05) is 12.4 Å². The molecule has 13 heavy (non-hydrogen) atoms. The molecular weight excluding hydrogens is 217 g/mol. The molecule has 8 heteroatoms. The molecule has 2 amide bonds. The molecule has 0 unspecified atom stereocenters. The molecule has 0 aliphatic carbocycles. The quantitative estimate of drug-likeness (QED) is 0.740. The van der Waals surface area contributed by atoms with Crippen LogP contribution in [-0.4, -0.2) is 28.0 Å². The Morgan fingerprint density at radius 1 is 1.23 bits per heavy atom. The van der Waals surface area contributed by atoms with Crippen LogP contribution in [0.15, 0.2) is 0 Å². The maximum absolute atomic E-state index is 10.8. The zero-order valence-corrected chi connectivity index (χ0v) is 8.02. The third kappa shape index (κ3) is 3.00. The van der Waals surface area contributed by atoms with Gasteiger partial charge in [-0.1, -0.05) is 0 Å². The molecule has 1 aromatic heterocycles. The summed E-state index contributed by atoms with van der Waals surface area (Å²) in [5.41, 5.74) is 0. The first-order chi connectivity index (χ1) is 6.11. The van der Waals surface area contributed by atoms with Gasteiger partial charge in [-0.15, -0.1) is 0 Å². The third-order valence-corrected chi connectivity index (χ3v) is 1.37. The average molecular weight is 222 g/mol. The van der Waals surface area contributed by atoms with Gasteiger partial charge in [0.15, 0.2) is 0 Å². The highest BCUT2D eigenvalue weighted by Crippen LogP contribution is 2.08. The van der Waals surface area contributed by atoms with Gasteiger partial charge >= 0.3 is 6.03 Å². The van der Waals surface area contributed by atoms with E-state index >= 15 is 0 Å². The fourth-order valence-electron chi connectivity index (χ4n) is 0.546. The molecule has 0 saturated carbocycles. The van der Waals surface area contributed by atoms with Crippen molar-refractivity contribution in [2.45, 2.75) is 0 Å². The van der Waals surface area contributed by atoms with E-state index in [-0.39, 0.29) is 16.5 Å². The second-order valence-electron chi connectivity index (χ2n) is 1.90. The topological polar surface area (TPSA) is 79.8 Å². The maximum atomic E-state index is 10.8. The van der Waals surface area contributed by atoms with Crippen molar-refractivity contribution >= 4 is 35.2 Å². The Morgan fingerprint density at radius 3 is 2.23 bits per heavy atom. The number of halogens is 2. The van der Waals surface area contributed by atoms with Gasteiger partial charge in [0.05, 0.1) is 0 Å². The maximum Gasteiger partial charge on any atom is 0.321 e. The predicted octanol–water partition coefficient (Wildman–Crippen LogP) is 0.930. The molecule has 6 nitrogen and oxygen atoms in total. The summed E-state index contributed by atoms with van der Waals surface area (Å²) in [6, 6.07) is -0.460. The molecular formula is C5H5Cl2N5O. The number of hydrogen-bond acceptors (Lipinski definition) is 4. The molecule has 0 radical (unpaired) electrons. The fraction of sp³-hybridized carbons (Fsp3) is 0.200. The lowest BCUT2D eigenvalue weighted by molar-refractivity contribution is 0.254. The second kappa shape index (κ2) is 4.20. The zero-order valence-electron chi connectivity index (χ0n) is 6.51. The number of urea groups is 1. The van der Waals surface area contributed by atoms with Gasteiger partial charge < -0.3 is 5.32 Å². The molecule has 0 spiro atoms. The number of carbonyl (C=O) groups excluding carboxylic acids is 1. The summed E-state index contributed by atoms with van der Waals surface area (Å²) in [5.74, 6) is 0.00403. The van der Waals surface area contributed by atoms with Crippen molar-refractivity contribution in [3.8, 4) is 0 Å². The van der Waals surface area contributed by atoms with E-state index in [1.807, 2.05) is 0 Å². The lowest BCUT2D eigenvalue weighted by atomic mass is 10.8. The van der Waals surface area contributed by atoms with Crippen LogP contribution in [0.25, 0.3) is 0 Å². The minimum Gasteiger partial charge on any atom is -0.341 e. The van der Waals surface area contributed by atoms with Crippen LogP contribution >= 0.6 is 23.2 Å². The van der Waals surface area contributed by atoms with Crippen molar-refractivity contribution in [1.82, 2.24) is 20.3 Å². The van der Waals surface area contributed by atoms with Gasteiger partial charge in [-0.2, -0.15) is 15.0 Å². The Hall–Kier alpha value is -1.14. The smallest absolute Gasteiger partial charge is 0.321 e. The Labute approximate surface area is 83.7 Å². The molecule has 1 aromatic rings. The lowest BCUT2D eigenvalue weighted by Crippen LogP contribution is -2.25. The predicted molar refractivity (Wildman–Crippen MR) is 47.9 cm³/mol. The first-order valence-corrected chi connectivity index (χ1v) is 3.93. The van der Waals surface area contributed by atoms with E-state index in [1.54, 1.807) is 0 Å². The summed E-state index contributed by atoms with van der Waals surface area (Å²) in [6.45, 7) is 0. The Bertz CT molecular complexity index is 310. The summed E-state index contributed by atoms with van der Waals surface area (Å²) < 4.78 is 0. The van der Waals surface area contributed by atoms with Crippen LogP contribution in [0.4, 0.5) is 10.7 Å². The van der Waals surface area contributed by atoms with Crippen LogP contribution < -0.4 is 10.6 Å². The van der Waals surface area contributed by atoms with E-state index in [2.05, 4.69) is 25.6 Å². The van der Waals surface area contributed by atoms with Crippen molar-refractivity contribution in [3.63, 3.8) is 0 Å². The van der Waals surface area contributed by atoms with E-state index in [4.69, 9.17) is 23.2 Å². The summed E-state index contributed by atoms with van der Waals surface area (Å²) in [5, 5.41) is 4.45. The number of rotatable bonds is 1. The standard InChI is InChI=1S/C5H5Cl2N5O/c1-8-5(13)12-4-10-2(6)9-3(7)11-4/h1H3,(H2,8,9,10,11,12,13). The summed E-state index contributed by atoms with van der Waals surface area (Å²) in [7, 11) is 1.46. The first kappa shape index (κ1) is 9.94. The summed E-state index contributed by atoms with van der Waals surface area (Å²) >= 11 is 10.9. The lowest BCUT2D eigenvalue weighted by Gasteiger charge is -2.01. The first-order valence-electron chi connectivity index (χ1n) is 3.17. The molecule has 0 aliphatic heterocycles. The van der Waals surface area contributed by atoms with Crippen LogP contribution in [0.5, 0.6) is 0 Å². The van der Waals surface area contributed by atoms with E-state index in [1.165, 1.54) is 7.05 Å². The van der Waals surface area contributed by atoms with Crippen LogP contribution in [0.3, 0.4) is 0 Å². The van der Waals surface area contributed by atoms with E-state index in [9.17, 15) is 4.79 Å². The highest BCUT2D eigenvalue weighted by Gasteiger charge is 2.05. The van der Waals surface area contributed by atoms with Gasteiger partial charge in [0.25, 0.3) is 0 Å². The number of anilines is 1. The van der Waals surface area contributed by atoms with Gasteiger partial charge in [-0.05, 0) is 23.2 Å². The number of amides is 2. The highest BCUT2D eigenvalue weighted by atomic mass is 35.5. The Morgan fingerprint density at radius 2 is 1.77 bits per heavy atom. The Balaban J connectivity index is 2.83. The molecule has 0 fully saturated rings. The number of nitrogens with zero attached hydrogens (tertiary/aromatic N) is 3. The highest BCUT2D eigenvalue weighted by molar-refractivity contribution is 6.31. The minimum absolute atomic E-state index is 0.00403. The Kier molecular flexibility index (Phi) is 3.21. The van der Waals surface area contributed by atoms with Crippen LogP contribution in [-0.2, 0) is 0 Å². The molecule has 0 bridgehead atoms. The molecule has 0 aromatic carbocycles. The van der Waals surface area contributed by atoms with E-state index in [0.29, 0.717) is 0 Å². The number of aromatic nitrogens is 3. The van der Waals surface area contributed by atoms with Crippen molar-refractivity contribution in [2.24, 2.45) is 0 Å². The zero-order chi connectivity index (χ0) is 9.84. The van der Waals surface area contributed by atoms with Gasteiger partial charge in [0.1, 0.15) is 0 Å². The normalized spacial score (nSPS) is 9.46. The van der Waals surface area contributed by atoms with Gasteiger partial charge in [-0.3, -0.25) is 5.32 Å². The molecule has 2 N–H and O–H groups in total. The molecule has 70 valence electrons. The largest absolute Gasteiger partial charge is 0.341 e. The number of nitrogens with one attached hydrogen (secondary N) is 2. The van der Waals surface area contributed by atoms with Crippen molar-refractivity contribution < 1.29 is 4.79 Å². The summed E-state index contributed by atoms with van der Waals surface area (Å²) in [6.07, 6.45) is 0.